The van der Waals surface area contributed by atoms with Crippen molar-refractivity contribution in [1.29, 1.82) is 0 Å². The van der Waals surface area contributed by atoms with Crippen LogP contribution in [0.5, 0.6) is 0 Å². The van der Waals surface area contributed by atoms with Gasteiger partial charge in [0.2, 0.25) is 0 Å². The summed E-state index contributed by atoms with van der Waals surface area (Å²) in [5.41, 5.74) is 0.361. The topological polar surface area (TPSA) is 46.9 Å². The third kappa shape index (κ3) is 3.60. The fourth-order valence-electron chi connectivity index (χ4n) is 2.13. The molecule has 0 atom stereocenters. The maximum Gasteiger partial charge on any atom is 0.291 e. The molecule has 0 unspecified atom stereocenters. The Kier molecular flexibility index (Phi) is 5.02. The number of hydrogen-bond donors (Lipinski definition) is 1. The van der Waals surface area contributed by atoms with E-state index >= 15 is 0 Å². The quantitative estimate of drug-likeness (QED) is 0.644. The van der Waals surface area contributed by atoms with Gasteiger partial charge in [0, 0.05) is 13.1 Å². The van der Waals surface area contributed by atoms with Crippen molar-refractivity contribution in [2.24, 2.45) is 5.92 Å². The number of rotatable bonds is 6. The molecule has 0 radical (unpaired) electrons. The Labute approximate surface area is 118 Å². The molecule has 2 rings (SSSR count). The molecule has 1 aromatic heterocycles. The summed E-state index contributed by atoms with van der Waals surface area (Å²) in [7, 11) is 0. The molecule has 1 aromatic rings. The lowest BCUT2D eigenvalue weighted by atomic mass is 9.85. The lowest BCUT2D eigenvalue weighted by molar-refractivity contribution is 0.262. The Balaban J connectivity index is 2.07. The summed E-state index contributed by atoms with van der Waals surface area (Å²) < 4.78 is 1.54. The Morgan fingerprint density at radius 1 is 1.58 bits per heavy atom. The molecule has 1 saturated carbocycles. The lowest BCUT2D eigenvalue weighted by Gasteiger charge is -2.25. The van der Waals surface area contributed by atoms with Crippen LogP contribution in [0.2, 0.25) is 5.02 Å². The number of aromatic nitrogens is 2. The number of nitrogens with zero attached hydrogens (tertiary/aromatic N) is 2. The van der Waals surface area contributed by atoms with Gasteiger partial charge in [-0.15, -0.1) is 0 Å². The maximum atomic E-state index is 12.3. The van der Waals surface area contributed by atoms with Gasteiger partial charge < -0.3 is 5.32 Å². The molecule has 0 bridgehead atoms. The van der Waals surface area contributed by atoms with Crippen LogP contribution >= 0.6 is 11.6 Å². The fraction of sp³-hybridized carbons (Fsp3) is 0.571. The molecule has 1 aliphatic carbocycles. The minimum atomic E-state index is -0.111. The number of halogens is 1. The molecule has 5 heteroatoms. The predicted molar refractivity (Wildman–Crippen MR) is 78.8 cm³/mol. The van der Waals surface area contributed by atoms with E-state index in [0.29, 0.717) is 29.7 Å². The highest BCUT2D eigenvalue weighted by Crippen LogP contribution is 2.27. The SMILES string of the molecule is C/C=C/CCNc1c(Cl)cnn(CC2CCC2)c1=O. The van der Waals surface area contributed by atoms with Crippen molar-refractivity contribution in [2.45, 2.75) is 39.2 Å². The first kappa shape index (κ1) is 14.1. The van der Waals surface area contributed by atoms with Crippen molar-refractivity contribution in [3.05, 3.63) is 33.7 Å². The van der Waals surface area contributed by atoms with E-state index in [4.69, 9.17) is 11.6 Å². The molecule has 1 aliphatic rings. The summed E-state index contributed by atoms with van der Waals surface area (Å²) in [4.78, 5) is 12.3. The Hall–Kier alpha value is -1.29. The number of hydrogen-bond acceptors (Lipinski definition) is 3. The summed E-state index contributed by atoms with van der Waals surface area (Å²) in [6, 6.07) is 0. The van der Waals surface area contributed by atoms with Gasteiger partial charge in [0.1, 0.15) is 5.69 Å². The average molecular weight is 282 g/mol. The second kappa shape index (κ2) is 6.75. The van der Waals surface area contributed by atoms with Crippen LogP contribution in [0.15, 0.2) is 23.1 Å². The standard InChI is InChI=1S/C14H20ClN3O/c1-2-3-4-8-16-13-12(15)9-17-18(14(13)19)10-11-6-5-7-11/h2-3,9,11,16H,4-8,10H2,1H3/b3-2+. The van der Waals surface area contributed by atoms with Crippen LogP contribution < -0.4 is 10.9 Å². The molecule has 1 heterocycles. The van der Waals surface area contributed by atoms with E-state index in [9.17, 15) is 4.79 Å². The van der Waals surface area contributed by atoms with Crippen LogP contribution in [0.4, 0.5) is 5.69 Å². The summed E-state index contributed by atoms with van der Waals surface area (Å²) in [6.45, 7) is 3.39. The van der Waals surface area contributed by atoms with Crippen LogP contribution in [0.3, 0.4) is 0 Å². The van der Waals surface area contributed by atoms with Gasteiger partial charge in [0.15, 0.2) is 0 Å². The van der Waals surface area contributed by atoms with E-state index in [1.54, 1.807) is 6.20 Å². The molecule has 0 spiro atoms. The van der Waals surface area contributed by atoms with Crippen molar-refractivity contribution in [2.75, 3.05) is 11.9 Å². The van der Waals surface area contributed by atoms with Crippen molar-refractivity contribution >= 4 is 17.3 Å². The zero-order valence-corrected chi connectivity index (χ0v) is 12.0. The molecule has 1 fully saturated rings. The highest BCUT2D eigenvalue weighted by atomic mass is 35.5. The van der Waals surface area contributed by atoms with E-state index in [1.165, 1.54) is 23.9 Å². The monoisotopic (exact) mass is 281 g/mol. The highest BCUT2D eigenvalue weighted by Gasteiger charge is 2.20. The van der Waals surface area contributed by atoms with Gasteiger partial charge >= 0.3 is 0 Å². The second-order valence-electron chi connectivity index (χ2n) is 4.94. The van der Waals surface area contributed by atoms with Crippen molar-refractivity contribution in [3.8, 4) is 0 Å². The van der Waals surface area contributed by atoms with Crippen molar-refractivity contribution in [1.82, 2.24) is 9.78 Å². The average Bonchev–Trinajstić information content (AvgIpc) is 2.35. The predicted octanol–water partition coefficient (Wildman–Crippen LogP) is 3.07. The lowest BCUT2D eigenvalue weighted by Crippen LogP contribution is -2.31. The normalized spacial score (nSPS) is 15.7. The largest absolute Gasteiger partial charge is 0.379 e. The molecular weight excluding hydrogens is 262 g/mol. The van der Waals surface area contributed by atoms with E-state index in [-0.39, 0.29) is 5.56 Å². The number of allylic oxidation sites excluding steroid dienone is 1. The first-order valence-corrected chi connectivity index (χ1v) is 7.21. The summed E-state index contributed by atoms with van der Waals surface area (Å²) in [5.74, 6) is 0.599. The van der Waals surface area contributed by atoms with Gasteiger partial charge in [0.25, 0.3) is 5.56 Å². The Bertz CT molecular complexity index is 506. The fourth-order valence-corrected chi connectivity index (χ4v) is 2.32. The molecule has 4 nitrogen and oxygen atoms in total. The van der Waals surface area contributed by atoms with E-state index in [0.717, 1.165) is 6.42 Å². The number of nitrogens with one attached hydrogen (secondary N) is 1. The third-order valence-corrected chi connectivity index (χ3v) is 3.79. The van der Waals surface area contributed by atoms with Crippen LogP contribution in [0.25, 0.3) is 0 Å². The zero-order chi connectivity index (χ0) is 13.7. The first-order chi connectivity index (χ1) is 9.22. The Morgan fingerprint density at radius 2 is 2.37 bits per heavy atom. The van der Waals surface area contributed by atoms with Crippen LogP contribution in [0, 0.1) is 5.92 Å². The Morgan fingerprint density at radius 3 is 3.00 bits per heavy atom. The third-order valence-electron chi connectivity index (χ3n) is 3.50. The van der Waals surface area contributed by atoms with Crippen LogP contribution in [-0.2, 0) is 6.54 Å². The summed E-state index contributed by atoms with van der Waals surface area (Å²) >= 11 is 6.04. The molecule has 0 aliphatic heterocycles. The maximum absolute atomic E-state index is 12.3. The molecule has 0 amide bonds. The molecule has 19 heavy (non-hydrogen) atoms. The first-order valence-electron chi connectivity index (χ1n) is 6.83. The van der Waals surface area contributed by atoms with Gasteiger partial charge in [-0.25, -0.2) is 4.68 Å². The molecule has 1 N–H and O–H groups in total. The summed E-state index contributed by atoms with van der Waals surface area (Å²) in [5, 5.41) is 7.63. The van der Waals surface area contributed by atoms with Gasteiger partial charge in [-0.1, -0.05) is 30.2 Å². The molecule has 104 valence electrons. The van der Waals surface area contributed by atoms with E-state index in [1.807, 2.05) is 13.0 Å². The minimum Gasteiger partial charge on any atom is -0.379 e. The smallest absolute Gasteiger partial charge is 0.291 e. The minimum absolute atomic E-state index is 0.111. The van der Waals surface area contributed by atoms with Gasteiger partial charge in [-0.3, -0.25) is 4.79 Å². The highest BCUT2D eigenvalue weighted by molar-refractivity contribution is 6.32. The van der Waals surface area contributed by atoms with Crippen LogP contribution in [0.1, 0.15) is 32.6 Å². The zero-order valence-electron chi connectivity index (χ0n) is 11.2. The van der Waals surface area contributed by atoms with Gasteiger partial charge in [-0.05, 0) is 32.1 Å². The van der Waals surface area contributed by atoms with E-state index in [2.05, 4.69) is 16.5 Å². The van der Waals surface area contributed by atoms with E-state index < -0.39 is 0 Å². The van der Waals surface area contributed by atoms with Crippen LogP contribution in [-0.4, -0.2) is 16.3 Å². The van der Waals surface area contributed by atoms with Gasteiger partial charge in [-0.2, -0.15) is 5.10 Å². The molecular formula is C14H20ClN3O. The molecule has 0 saturated heterocycles. The van der Waals surface area contributed by atoms with Crippen molar-refractivity contribution in [3.63, 3.8) is 0 Å². The van der Waals surface area contributed by atoms with Gasteiger partial charge in [0.05, 0.1) is 11.2 Å². The number of anilines is 1. The van der Waals surface area contributed by atoms with Crippen molar-refractivity contribution < 1.29 is 0 Å². The summed E-state index contributed by atoms with van der Waals surface area (Å²) in [6.07, 6.45) is 10.1. The molecule has 0 aromatic carbocycles. The second-order valence-corrected chi connectivity index (χ2v) is 5.34.